The van der Waals surface area contributed by atoms with Crippen LogP contribution >= 0.6 is 11.6 Å². The molecule has 0 radical (unpaired) electrons. The zero-order valence-electron chi connectivity index (χ0n) is 18.5. The summed E-state index contributed by atoms with van der Waals surface area (Å²) in [7, 11) is -2.11. The number of halogens is 1. The van der Waals surface area contributed by atoms with E-state index in [1.165, 1.54) is 31.4 Å². The number of benzene rings is 3. The van der Waals surface area contributed by atoms with Crippen molar-refractivity contribution in [3.05, 3.63) is 82.9 Å². The maximum absolute atomic E-state index is 12.7. The molecule has 0 saturated carbocycles. The average molecular weight is 489 g/mol. The van der Waals surface area contributed by atoms with Crippen LogP contribution in [-0.2, 0) is 16.6 Å². The summed E-state index contributed by atoms with van der Waals surface area (Å²) in [5.41, 5.74) is 1.65. The van der Waals surface area contributed by atoms with Gasteiger partial charge in [-0.1, -0.05) is 29.8 Å². The largest absolute Gasteiger partial charge is 0.493 e. The second kappa shape index (κ2) is 10.7. The number of ether oxygens (including phenoxy) is 2. The lowest BCUT2D eigenvalue weighted by atomic mass is 10.1. The Balaban J connectivity index is 1.69. The van der Waals surface area contributed by atoms with Gasteiger partial charge in [-0.2, -0.15) is 0 Å². The number of methoxy groups -OCH3 is 1. The molecule has 0 fully saturated rings. The van der Waals surface area contributed by atoms with Gasteiger partial charge in [-0.25, -0.2) is 13.1 Å². The minimum atomic E-state index is -3.60. The van der Waals surface area contributed by atoms with Gasteiger partial charge in [0, 0.05) is 27.9 Å². The molecule has 0 atom stereocenters. The van der Waals surface area contributed by atoms with Crippen molar-refractivity contribution in [1.82, 2.24) is 4.72 Å². The van der Waals surface area contributed by atoms with E-state index in [0.29, 0.717) is 27.8 Å². The minimum Gasteiger partial charge on any atom is -0.493 e. The van der Waals surface area contributed by atoms with Gasteiger partial charge in [0.2, 0.25) is 10.0 Å². The second-order valence-corrected chi connectivity index (χ2v) is 9.62. The molecular weight excluding hydrogens is 464 g/mol. The molecule has 3 aromatic rings. The molecule has 0 heterocycles. The molecule has 3 rings (SSSR count). The van der Waals surface area contributed by atoms with Crippen molar-refractivity contribution in [2.45, 2.75) is 31.4 Å². The van der Waals surface area contributed by atoms with Crippen LogP contribution in [0.4, 0.5) is 5.69 Å². The lowest BCUT2D eigenvalue weighted by molar-refractivity contribution is 0.102. The molecule has 0 aliphatic carbocycles. The van der Waals surface area contributed by atoms with Gasteiger partial charge >= 0.3 is 0 Å². The third kappa shape index (κ3) is 6.47. The van der Waals surface area contributed by atoms with Crippen molar-refractivity contribution in [3.63, 3.8) is 0 Å². The van der Waals surface area contributed by atoms with Crippen LogP contribution in [0.3, 0.4) is 0 Å². The Morgan fingerprint density at radius 3 is 2.33 bits per heavy atom. The summed E-state index contributed by atoms with van der Waals surface area (Å²) in [6, 6.07) is 17.9. The molecule has 0 unspecified atom stereocenters. The highest BCUT2D eigenvalue weighted by Gasteiger charge is 2.16. The van der Waals surface area contributed by atoms with Crippen molar-refractivity contribution < 1.29 is 22.7 Å². The van der Waals surface area contributed by atoms with E-state index < -0.39 is 10.0 Å². The minimum absolute atomic E-state index is 0.121. The molecule has 7 nitrogen and oxygen atoms in total. The topological polar surface area (TPSA) is 93.7 Å². The molecule has 0 aromatic heterocycles. The Morgan fingerprint density at radius 2 is 1.70 bits per heavy atom. The van der Waals surface area contributed by atoms with Crippen LogP contribution in [0.1, 0.15) is 29.8 Å². The van der Waals surface area contributed by atoms with E-state index in [1.54, 1.807) is 38.1 Å². The van der Waals surface area contributed by atoms with Gasteiger partial charge < -0.3 is 14.8 Å². The molecule has 1 amide bonds. The van der Waals surface area contributed by atoms with Gasteiger partial charge in [0.15, 0.2) is 11.5 Å². The van der Waals surface area contributed by atoms with Crippen LogP contribution in [0.5, 0.6) is 11.5 Å². The Hall–Kier alpha value is -3.07. The monoisotopic (exact) mass is 488 g/mol. The molecule has 9 heteroatoms. The van der Waals surface area contributed by atoms with E-state index in [1.807, 2.05) is 18.2 Å². The Labute approximate surface area is 198 Å². The molecule has 0 saturated heterocycles. The number of amides is 1. The maximum Gasteiger partial charge on any atom is 0.255 e. The van der Waals surface area contributed by atoms with Crippen LogP contribution in [-0.4, -0.2) is 27.5 Å². The first-order chi connectivity index (χ1) is 15.7. The number of carbonyl (C=O) groups excluding carboxylic acids is 1. The smallest absolute Gasteiger partial charge is 0.255 e. The first kappa shape index (κ1) is 24.6. The van der Waals surface area contributed by atoms with Gasteiger partial charge in [0.1, 0.15) is 6.61 Å². The number of hydrogen-bond donors (Lipinski definition) is 2. The van der Waals surface area contributed by atoms with Gasteiger partial charge in [-0.05, 0) is 62.4 Å². The molecule has 2 N–H and O–H groups in total. The van der Waals surface area contributed by atoms with Gasteiger partial charge in [-0.3, -0.25) is 4.79 Å². The first-order valence-electron chi connectivity index (χ1n) is 10.2. The lowest BCUT2D eigenvalue weighted by Crippen LogP contribution is -2.30. The van der Waals surface area contributed by atoms with E-state index in [-0.39, 0.29) is 23.5 Å². The van der Waals surface area contributed by atoms with E-state index >= 15 is 0 Å². The molecule has 33 heavy (non-hydrogen) atoms. The van der Waals surface area contributed by atoms with Crippen molar-refractivity contribution in [1.29, 1.82) is 0 Å². The first-order valence-corrected chi connectivity index (χ1v) is 12.0. The molecule has 3 aromatic carbocycles. The second-order valence-electron chi connectivity index (χ2n) is 7.50. The van der Waals surface area contributed by atoms with E-state index in [9.17, 15) is 13.2 Å². The number of rotatable bonds is 9. The summed E-state index contributed by atoms with van der Waals surface area (Å²) in [6.45, 7) is 3.74. The summed E-state index contributed by atoms with van der Waals surface area (Å²) in [4.78, 5) is 12.8. The number of sulfonamides is 1. The molecule has 0 bridgehead atoms. The van der Waals surface area contributed by atoms with Gasteiger partial charge in [-0.15, -0.1) is 0 Å². The Kier molecular flexibility index (Phi) is 7.97. The van der Waals surface area contributed by atoms with Crippen LogP contribution in [0, 0.1) is 0 Å². The lowest BCUT2D eigenvalue weighted by Gasteiger charge is -2.13. The van der Waals surface area contributed by atoms with Crippen molar-refractivity contribution in [2.24, 2.45) is 0 Å². The summed E-state index contributed by atoms with van der Waals surface area (Å²) in [6.07, 6.45) is 0. The normalized spacial score (nSPS) is 11.3. The van der Waals surface area contributed by atoms with Crippen LogP contribution in [0.2, 0.25) is 5.02 Å². The van der Waals surface area contributed by atoms with Crippen LogP contribution < -0.4 is 19.5 Å². The third-order valence-corrected chi connectivity index (χ3v) is 6.62. The molecule has 0 aliphatic heterocycles. The summed E-state index contributed by atoms with van der Waals surface area (Å²) in [5, 5.41) is 3.35. The number of nitrogens with one attached hydrogen (secondary N) is 2. The molecule has 0 spiro atoms. The zero-order chi connectivity index (χ0) is 24.0. The molecular formula is C24H25ClN2O5S. The van der Waals surface area contributed by atoms with E-state index in [0.717, 1.165) is 5.56 Å². The van der Waals surface area contributed by atoms with E-state index in [4.69, 9.17) is 21.1 Å². The summed E-state index contributed by atoms with van der Waals surface area (Å²) in [5.74, 6) is 0.499. The quantitative estimate of drug-likeness (QED) is 0.448. The highest BCUT2D eigenvalue weighted by molar-refractivity contribution is 7.89. The predicted octanol–water partition coefficient (Wildman–Crippen LogP) is 4.87. The standard InChI is InChI=1S/C24H25ClN2O5S/c1-16(2)27-33(29,30)20-11-9-19(10-12-20)26-24(28)17-8-13-22(23(14-17)31-3)32-15-18-6-4-5-7-21(18)25/h4-14,16,27H,15H2,1-3H3,(H,26,28). The van der Waals surface area contributed by atoms with Crippen molar-refractivity contribution in [2.75, 3.05) is 12.4 Å². The maximum atomic E-state index is 12.7. The SMILES string of the molecule is COc1cc(C(=O)Nc2ccc(S(=O)(=O)NC(C)C)cc2)ccc1OCc1ccccc1Cl. The third-order valence-electron chi connectivity index (χ3n) is 4.58. The fourth-order valence-corrected chi connectivity index (χ4v) is 4.44. The van der Waals surface area contributed by atoms with Crippen molar-refractivity contribution >= 4 is 33.2 Å². The zero-order valence-corrected chi connectivity index (χ0v) is 20.0. The number of anilines is 1. The summed E-state index contributed by atoms with van der Waals surface area (Å²) >= 11 is 6.16. The number of hydrogen-bond acceptors (Lipinski definition) is 5. The van der Waals surface area contributed by atoms with Crippen LogP contribution in [0.25, 0.3) is 0 Å². The predicted molar refractivity (Wildman–Crippen MR) is 129 cm³/mol. The number of carbonyl (C=O) groups is 1. The van der Waals surface area contributed by atoms with Gasteiger partial charge in [0.05, 0.1) is 12.0 Å². The van der Waals surface area contributed by atoms with Crippen LogP contribution in [0.15, 0.2) is 71.6 Å². The molecule has 0 aliphatic rings. The molecule has 174 valence electrons. The average Bonchev–Trinajstić information content (AvgIpc) is 2.78. The van der Waals surface area contributed by atoms with Crippen molar-refractivity contribution in [3.8, 4) is 11.5 Å². The summed E-state index contributed by atoms with van der Waals surface area (Å²) < 4.78 is 38.2. The van der Waals surface area contributed by atoms with Gasteiger partial charge in [0.25, 0.3) is 5.91 Å². The highest BCUT2D eigenvalue weighted by Crippen LogP contribution is 2.30. The highest BCUT2D eigenvalue weighted by atomic mass is 35.5. The van der Waals surface area contributed by atoms with E-state index in [2.05, 4.69) is 10.0 Å². The fraction of sp³-hybridized carbons (Fsp3) is 0.208. The fourth-order valence-electron chi connectivity index (χ4n) is 3.00. The Bertz CT molecular complexity index is 1230. The Morgan fingerprint density at radius 1 is 1.00 bits per heavy atom.